The fourth-order valence-corrected chi connectivity index (χ4v) is 4.77. The number of thiophene rings is 1. The van der Waals surface area contributed by atoms with E-state index in [1.807, 2.05) is 54.6 Å². The minimum atomic E-state index is -0.0476. The van der Waals surface area contributed by atoms with Gasteiger partial charge in [0.05, 0.1) is 28.6 Å². The highest BCUT2D eigenvalue weighted by molar-refractivity contribution is 7.17. The molecule has 2 N–H and O–H groups in total. The summed E-state index contributed by atoms with van der Waals surface area (Å²) in [4.78, 5) is 23.4. The van der Waals surface area contributed by atoms with Gasteiger partial charge in [0.1, 0.15) is 5.75 Å². The molecule has 0 radical (unpaired) electrons. The zero-order chi connectivity index (χ0) is 21.9. The summed E-state index contributed by atoms with van der Waals surface area (Å²) in [6.07, 6.45) is 3.65. The second-order valence-electron chi connectivity index (χ2n) is 7.55. The van der Waals surface area contributed by atoms with E-state index >= 15 is 0 Å². The number of amides is 1. The first-order valence-electron chi connectivity index (χ1n) is 10.4. The second kappa shape index (κ2) is 8.80. The van der Waals surface area contributed by atoms with Gasteiger partial charge in [0.2, 0.25) is 5.95 Å². The van der Waals surface area contributed by atoms with Crippen molar-refractivity contribution in [3.63, 3.8) is 0 Å². The van der Waals surface area contributed by atoms with Crippen LogP contribution in [0, 0.1) is 0 Å². The van der Waals surface area contributed by atoms with Crippen LogP contribution in [0.5, 0.6) is 5.75 Å². The lowest BCUT2D eigenvalue weighted by molar-refractivity contribution is 0.0941. The van der Waals surface area contributed by atoms with Crippen molar-refractivity contribution < 1.29 is 9.53 Å². The van der Waals surface area contributed by atoms with Crippen molar-refractivity contribution >= 4 is 28.9 Å². The molecular formula is C25H22N4O2S. The molecule has 1 unspecified atom stereocenters. The van der Waals surface area contributed by atoms with Crippen LogP contribution in [-0.2, 0) is 6.42 Å². The zero-order valence-electron chi connectivity index (χ0n) is 17.5. The number of methoxy groups -OCH3 is 1. The van der Waals surface area contributed by atoms with E-state index in [2.05, 4.69) is 32.7 Å². The van der Waals surface area contributed by atoms with Crippen molar-refractivity contribution in [3.8, 4) is 16.3 Å². The average Bonchev–Trinajstić information content (AvgIpc) is 3.48. The van der Waals surface area contributed by atoms with Crippen LogP contribution in [0.3, 0.4) is 0 Å². The van der Waals surface area contributed by atoms with E-state index < -0.39 is 0 Å². The van der Waals surface area contributed by atoms with Crippen LogP contribution >= 0.6 is 11.3 Å². The average molecular weight is 443 g/mol. The molecule has 0 spiro atoms. The number of carbonyl (C=O) groups excluding carboxylic acids is 1. The number of hydrogen-bond acceptors (Lipinski definition) is 6. The Kier molecular flexibility index (Phi) is 5.56. The van der Waals surface area contributed by atoms with E-state index in [1.165, 1.54) is 22.5 Å². The summed E-state index contributed by atoms with van der Waals surface area (Å²) < 4.78 is 5.19. The predicted octanol–water partition coefficient (Wildman–Crippen LogP) is 5.37. The van der Waals surface area contributed by atoms with Gasteiger partial charge in [-0.1, -0.05) is 24.3 Å². The maximum Gasteiger partial charge on any atom is 0.261 e. The van der Waals surface area contributed by atoms with E-state index in [9.17, 15) is 4.79 Å². The Hall–Kier alpha value is -3.71. The predicted molar refractivity (Wildman–Crippen MR) is 127 cm³/mol. The van der Waals surface area contributed by atoms with Crippen LogP contribution in [0.1, 0.15) is 33.3 Å². The van der Waals surface area contributed by atoms with E-state index in [4.69, 9.17) is 4.74 Å². The number of aromatic nitrogens is 2. The molecule has 0 fully saturated rings. The lowest BCUT2D eigenvalue weighted by Gasteiger charge is -2.13. The first-order valence-corrected chi connectivity index (χ1v) is 11.2. The molecule has 4 aromatic rings. The molecule has 2 aromatic heterocycles. The first-order chi connectivity index (χ1) is 15.7. The fraction of sp³-hybridized carbons (Fsp3) is 0.160. The Morgan fingerprint density at radius 1 is 1.06 bits per heavy atom. The number of aryl methyl sites for hydroxylation is 1. The van der Waals surface area contributed by atoms with Crippen molar-refractivity contribution in [1.29, 1.82) is 0 Å². The smallest absolute Gasteiger partial charge is 0.261 e. The molecule has 1 amide bonds. The van der Waals surface area contributed by atoms with Gasteiger partial charge in [-0.2, -0.15) is 0 Å². The van der Waals surface area contributed by atoms with Crippen molar-refractivity contribution in [3.05, 3.63) is 88.9 Å². The number of rotatable bonds is 6. The first kappa shape index (κ1) is 20.2. The number of fused-ring (bicyclic) bond motifs is 1. The van der Waals surface area contributed by atoms with Gasteiger partial charge in [-0.05, 0) is 66.4 Å². The van der Waals surface area contributed by atoms with Crippen LogP contribution in [-0.4, -0.2) is 23.0 Å². The van der Waals surface area contributed by atoms with E-state index in [0.717, 1.165) is 34.8 Å². The summed E-state index contributed by atoms with van der Waals surface area (Å²) in [5, 5.41) is 6.39. The van der Waals surface area contributed by atoms with Crippen LogP contribution in [0.15, 0.2) is 72.9 Å². The highest BCUT2D eigenvalue weighted by Gasteiger charge is 2.24. The fourth-order valence-electron chi connectivity index (χ4n) is 3.89. The summed E-state index contributed by atoms with van der Waals surface area (Å²) in [5.41, 5.74) is 4.18. The van der Waals surface area contributed by atoms with Crippen molar-refractivity contribution in [2.45, 2.75) is 18.9 Å². The van der Waals surface area contributed by atoms with Gasteiger partial charge in [0, 0.05) is 11.9 Å². The molecule has 0 bridgehead atoms. The topological polar surface area (TPSA) is 76.1 Å². The highest BCUT2D eigenvalue weighted by atomic mass is 32.1. The third-order valence-corrected chi connectivity index (χ3v) is 6.63. The number of ether oxygens (including phenoxy) is 1. The Bertz CT molecular complexity index is 1250. The van der Waals surface area contributed by atoms with Crippen LogP contribution < -0.4 is 15.4 Å². The lowest BCUT2D eigenvalue weighted by atomic mass is 10.1. The number of hydrogen-bond donors (Lipinski definition) is 2. The Morgan fingerprint density at radius 2 is 1.91 bits per heavy atom. The molecule has 7 heteroatoms. The van der Waals surface area contributed by atoms with Crippen LogP contribution in [0.2, 0.25) is 0 Å². The third-order valence-electron chi connectivity index (χ3n) is 5.52. The van der Waals surface area contributed by atoms with Crippen LogP contribution in [0.4, 0.5) is 11.6 Å². The minimum Gasteiger partial charge on any atom is -0.497 e. The lowest BCUT2D eigenvalue weighted by Crippen LogP contribution is -2.26. The monoisotopic (exact) mass is 442 g/mol. The molecule has 0 aliphatic heterocycles. The zero-order valence-corrected chi connectivity index (χ0v) is 18.4. The SMILES string of the molecule is COc1ccc(Nc2nccc(-c3ccc(C(=O)NC4CCc5ccccc54)s3)n2)cc1. The minimum absolute atomic E-state index is 0.0476. The third kappa shape index (κ3) is 4.20. The molecule has 1 atom stereocenters. The largest absolute Gasteiger partial charge is 0.497 e. The second-order valence-corrected chi connectivity index (χ2v) is 8.63. The van der Waals surface area contributed by atoms with Gasteiger partial charge in [0.25, 0.3) is 5.91 Å². The van der Waals surface area contributed by atoms with Crippen molar-refractivity contribution in [2.24, 2.45) is 0 Å². The maximum absolute atomic E-state index is 12.9. The number of carbonyl (C=O) groups is 1. The number of nitrogens with one attached hydrogen (secondary N) is 2. The normalized spacial score (nSPS) is 14.6. The summed E-state index contributed by atoms with van der Waals surface area (Å²) in [6.45, 7) is 0. The van der Waals surface area contributed by atoms with E-state index in [1.54, 1.807) is 13.3 Å². The van der Waals surface area contributed by atoms with Crippen LogP contribution in [0.25, 0.3) is 10.6 Å². The molecule has 1 aliphatic rings. The molecule has 32 heavy (non-hydrogen) atoms. The number of nitrogens with zero attached hydrogens (tertiary/aromatic N) is 2. The van der Waals surface area contributed by atoms with Crippen molar-refractivity contribution in [1.82, 2.24) is 15.3 Å². The van der Waals surface area contributed by atoms with Gasteiger partial charge in [0.15, 0.2) is 0 Å². The molecule has 2 heterocycles. The van der Waals surface area contributed by atoms with Gasteiger partial charge in [-0.15, -0.1) is 11.3 Å². The molecule has 0 saturated heterocycles. The highest BCUT2D eigenvalue weighted by Crippen LogP contribution is 2.32. The Morgan fingerprint density at radius 3 is 2.75 bits per heavy atom. The summed E-state index contributed by atoms with van der Waals surface area (Å²) in [7, 11) is 1.64. The van der Waals surface area contributed by atoms with E-state index in [-0.39, 0.29) is 11.9 Å². The van der Waals surface area contributed by atoms with Crippen molar-refractivity contribution in [2.75, 3.05) is 12.4 Å². The summed E-state index contributed by atoms with van der Waals surface area (Å²) >= 11 is 1.43. The van der Waals surface area contributed by atoms with Gasteiger partial charge >= 0.3 is 0 Å². The quantitative estimate of drug-likeness (QED) is 0.420. The van der Waals surface area contributed by atoms with Gasteiger partial charge < -0.3 is 15.4 Å². The molecule has 6 nitrogen and oxygen atoms in total. The maximum atomic E-state index is 12.9. The molecule has 0 saturated carbocycles. The molecular weight excluding hydrogens is 420 g/mol. The van der Waals surface area contributed by atoms with Gasteiger partial charge in [-0.25, -0.2) is 9.97 Å². The Labute approximate surface area is 190 Å². The number of anilines is 2. The van der Waals surface area contributed by atoms with Gasteiger partial charge in [-0.3, -0.25) is 4.79 Å². The summed E-state index contributed by atoms with van der Waals surface area (Å²) in [6, 6.07) is 21.6. The molecule has 160 valence electrons. The number of benzene rings is 2. The molecule has 2 aromatic carbocycles. The Balaban J connectivity index is 1.29. The van der Waals surface area contributed by atoms with E-state index in [0.29, 0.717) is 10.8 Å². The summed E-state index contributed by atoms with van der Waals surface area (Å²) in [5.74, 6) is 1.24. The standard InChI is InChI=1S/C25H22N4O2S/c1-31-18-9-7-17(8-10-18)27-25-26-15-14-21(29-25)22-12-13-23(32-22)24(30)28-20-11-6-16-4-2-3-5-19(16)20/h2-5,7-10,12-15,20H,6,11H2,1H3,(H,28,30)(H,26,27,29). The molecule has 5 rings (SSSR count). The molecule has 1 aliphatic carbocycles.